The summed E-state index contributed by atoms with van der Waals surface area (Å²) < 4.78 is 30.1. The summed E-state index contributed by atoms with van der Waals surface area (Å²) in [6, 6.07) is 13.7. The van der Waals surface area contributed by atoms with E-state index in [2.05, 4.69) is 10.3 Å². The fourth-order valence-corrected chi connectivity index (χ4v) is 6.13. The molecule has 1 aliphatic heterocycles. The summed E-state index contributed by atoms with van der Waals surface area (Å²) in [7, 11) is 1.74. The summed E-state index contributed by atoms with van der Waals surface area (Å²) in [5.74, 6) is 0.478. The third-order valence-corrected chi connectivity index (χ3v) is 8.44. The molecule has 1 saturated carbocycles. The molecule has 0 radical (unpaired) electrons. The Morgan fingerprint density at radius 2 is 1.74 bits per heavy atom. The number of imidazole rings is 1. The second-order valence-electron chi connectivity index (χ2n) is 11.0. The first kappa shape index (κ1) is 28.8. The van der Waals surface area contributed by atoms with Crippen molar-refractivity contribution >= 4 is 40.4 Å². The number of nitrogens with zero attached hydrogens (tertiary/aromatic N) is 6. The van der Waals surface area contributed by atoms with Crippen molar-refractivity contribution in [3.63, 3.8) is 0 Å². The molecule has 1 aromatic carbocycles. The number of carbonyl (C=O) groups excluding carboxylic acids is 2. The quantitative estimate of drug-likeness (QED) is 0.316. The highest BCUT2D eigenvalue weighted by molar-refractivity contribution is 6.30. The van der Waals surface area contributed by atoms with Gasteiger partial charge in [0, 0.05) is 38.9 Å². The van der Waals surface area contributed by atoms with Crippen LogP contribution in [0.15, 0.2) is 59.5 Å². The van der Waals surface area contributed by atoms with Crippen molar-refractivity contribution in [3.05, 3.63) is 81.5 Å². The van der Waals surface area contributed by atoms with Crippen molar-refractivity contribution in [2.24, 2.45) is 5.92 Å². The Balaban J connectivity index is 1.19. The standard InChI is InChI=1S/C30H30ClF2N7O3/c1-37-13-14-38(29(37)42)24-7-4-8-25(36-24)40-23-6-3-2-5-22(23)39(30(40)43)17-18-9-11-20(12-10-18)35-28(41)21-15-19(31)16-34-26(21)27(32)33/h2-8,15-16,18,20,27H,9-14,17H2,1H3,(H,35,41). The molecular weight excluding hydrogens is 580 g/mol. The lowest BCUT2D eigenvalue weighted by atomic mass is 9.85. The van der Waals surface area contributed by atoms with E-state index in [0.29, 0.717) is 49.6 Å². The second kappa shape index (κ2) is 11.8. The number of amides is 3. The van der Waals surface area contributed by atoms with Crippen LogP contribution in [0.25, 0.3) is 16.9 Å². The van der Waals surface area contributed by atoms with Gasteiger partial charge in [0.25, 0.3) is 12.3 Å². The number of hydrogen-bond acceptors (Lipinski definition) is 5. The number of nitrogens with one attached hydrogen (secondary N) is 1. The lowest BCUT2D eigenvalue weighted by Gasteiger charge is -2.29. The predicted molar refractivity (Wildman–Crippen MR) is 158 cm³/mol. The van der Waals surface area contributed by atoms with E-state index in [1.165, 1.54) is 6.07 Å². The fourth-order valence-electron chi connectivity index (χ4n) is 5.97. The van der Waals surface area contributed by atoms with Gasteiger partial charge in [0.2, 0.25) is 0 Å². The minimum Gasteiger partial charge on any atom is -0.349 e. The third-order valence-electron chi connectivity index (χ3n) is 8.24. The first-order chi connectivity index (χ1) is 20.7. The summed E-state index contributed by atoms with van der Waals surface area (Å²) in [6.07, 6.45) is 0.976. The normalized spacial score (nSPS) is 19.0. The van der Waals surface area contributed by atoms with E-state index in [-0.39, 0.29) is 34.3 Å². The average molecular weight is 610 g/mol. The Kier molecular flexibility index (Phi) is 7.87. The van der Waals surface area contributed by atoms with Gasteiger partial charge in [0.15, 0.2) is 0 Å². The number of halogens is 3. The highest BCUT2D eigenvalue weighted by Gasteiger charge is 2.29. The topological polar surface area (TPSA) is 105 Å². The van der Waals surface area contributed by atoms with E-state index < -0.39 is 18.0 Å². The number of anilines is 1. The van der Waals surface area contributed by atoms with Gasteiger partial charge in [-0.05, 0) is 61.9 Å². The number of hydrogen-bond donors (Lipinski definition) is 1. The minimum absolute atomic E-state index is 0.113. The van der Waals surface area contributed by atoms with Crippen LogP contribution in [0.2, 0.25) is 5.02 Å². The van der Waals surface area contributed by atoms with Gasteiger partial charge in [-0.2, -0.15) is 0 Å². The van der Waals surface area contributed by atoms with Crippen LogP contribution in [0, 0.1) is 5.92 Å². The molecule has 1 aliphatic carbocycles. The zero-order chi connectivity index (χ0) is 30.2. The lowest BCUT2D eigenvalue weighted by Crippen LogP contribution is -2.39. The van der Waals surface area contributed by atoms with Crippen molar-refractivity contribution in [2.45, 2.75) is 44.7 Å². The highest BCUT2D eigenvalue weighted by Crippen LogP contribution is 2.29. The molecule has 3 amide bonds. The van der Waals surface area contributed by atoms with Crippen LogP contribution >= 0.6 is 11.6 Å². The largest absolute Gasteiger partial charge is 0.349 e. The Hall–Kier alpha value is -4.32. The fraction of sp³-hybridized carbons (Fsp3) is 0.367. The van der Waals surface area contributed by atoms with Crippen LogP contribution in [-0.4, -0.2) is 62.1 Å². The van der Waals surface area contributed by atoms with Crippen molar-refractivity contribution in [1.29, 1.82) is 0 Å². The maximum absolute atomic E-state index is 13.9. The van der Waals surface area contributed by atoms with Crippen molar-refractivity contribution in [3.8, 4) is 5.82 Å². The van der Waals surface area contributed by atoms with Crippen LogP contribution in [-0.2, 0) is 6.54 Å². The maximum Gasteiger partial charge on any atom is 0.334 e. The SMILES string of the molecule is CN1CCN(c2cccc(-n3c(=O)n(CC4CCC(NC(=O)c5cc(Cl)cnc5C(F)F)CC4)c4ccccc43)n2)C1=O. The molecular formula is C30H30ClF2N7O3. The second-order valence-corrected chi connectivity index (χ2v) is 11.4. The molecule has 0 atom stereocenters. The van der Waals surface area contributed by atoms with E-state index in [9.17, 15) is 23.2 Å². The minimum atomic E-state index is -2.89. The zero-order valence-electron chi connectivity index (χ0n) is 23.4. The molecule has 3 aromatic heterocycles. The number of benzene rings is 1. The molecule has 2 aliphatic rings. The lowest BCUT2D eigenvalue weighted by molar-refractivity contribution is 0.0904. The zero-order valence-corrected chi connectivity index (χ0v) is 24.2. The van der Waals surface area contributed by atoms with Gasteiger partial charge < -0.3 is 10.2 Å². The molecule has 0 bridgehead atoms. The van der Waals surface area contributed by atoms with Crippen molar-refractivity contribution in [1.82, 2.24) is 29.3 Å². The smallest absolute Gasteiger partial charge is 0.334 e. The Bertz CT molecular complexity index is 1750. The van der Waals surface area contributed by atoms with Gasteiger partial charge in [-0.1, -0.05) is 29.8 Å². The number of aromatic nitrogens is 4. The predicted octanol–water partition coefficient (Wildman–Crippen LogP) is 5.03. The van der Waals surface area contributed by atoms with E-state index >= 15 is 0 Å². The van der Waals surface area contributed by atoms with Gasteiger partial charge in [-0.15, -0.1) is 0 Å². The van der Waals surface area contributed by atoms with Crippen LogP contribution < -0.4 is 15.9 Å². The molecule has 4 aromatic rings. The molecule has 10 nitrogen and oxygen atoms in total. The Labute approximate surface area is 250 Å². The molecule has 1 saturated heterocycles. The van der Waals surface area contributed by atoms with E-state index in [1.54, 1.807) is 44.2 Å². The molecule has 0 spiro atoms. The summed E-state index contributed by atoms with van der Waals surface area (Å²) in [5, 5.41) is 2.97. The number of pyridine rings is 2. The number of rotatable bonds is 7. The molecule has 13 heteroatoms. The van der Waals surface area contributed by atoms with Gasteiger partial charge in [0.1, 0.15) is 17.3 Å². The Morgan fingerprint density at radius 3 is 2.44 bits per heavy atom. The molecule has 2 fully saturated rings. The van der Waals surface area contributed by atoms with Crippen LogP contribution in [0.3, 0.4) is 0 Å². The van der Waals surface area contributed by atoms with Crippen LogP contribution in [0.5, 0.6) is 0 Å². The number of para-hydroxylation sites is 2. The van der Waals surface area contributed by atoms with Crippen molar-refractivity contribution < 1.29 is 18.4 Å². The maximum atomic E-state index is 13.9. The monoisotopic (exact) mass is 609 g/mol. The number of fused-ring (bicyclic) bond motifs is 1. The number of alkyl halides is 2. The molecule has 224 valence electrons. The summed E-state index contributed by atoms with van der Waals surface area (Å²) in [6.45, 7) is 1.61. The molecule has 1 N–H and O–H groups in total. The number of carbonyl (C=O) groups is 2. The number of urea groups is 1. The van der Waals surface area contributed by atoms with Gasteiger partial charge in [0.05, 0.1) is 21.6 Å². The summed E-state index contributed by atoms with van der Waals surface area (Å²) in [4.78, 5) is 50.8. The number of likely N-dealkylation sites (N-methyl/N-ethyl adjacent to an activating group) is 1. The van der Waals surface area contributed by atoms with Crippen LogP contribution in [0.1, 0.15) is 48.2 Å². The van der Waals surface area contributed by atoms with E-state index in [0.717, 1.165) is 24.6 Å². The Morgan fingerprint density at radius 1 is 1.02 bits per heavy atom. The summed E-state index contributed by atoms with van der Waals surface area (Å²) in [5.41, 5.74) is 0.459. The first-order valence-corrected chi connectivity index (χ1v) is 14.5. The summed E-state index contributed by atoms with van der Waals surface area (Å²) >= 11 is 5.91. The van der Waals surface area contributed by atoms with Crippen LogP contribution in [0.4, 0.5) is 19.4 Å². The third kappa shape index (κ3) is 5.58. The first-order valence-electron chi connectivity index (χ1n) is 14.2. The molecule has 6 rings (SSSR count). The van der Waals surface area contributed by atoms with Gasteiger partial charge >= 0.3 is 11.7 Å². The van der Waals surface area contributed by atoms with Crippen molar-refractivity contribution in [2.75, 3.05) is 25.0 Å². The average Bonchev–Trinajstić information content (AvgIpc) is 3.48. The van der Waals surface area contributed by atoms with E-state index in [4.69, 9.17) is 16.6 Å². The van der Waals surface area contributed by atoms with Gasteiger partial charge in [-0.3, -0.25) is 19.2 Å². The molecule has 0 unspecified atom stereocenters. The van der Waals surface area contributed by atoms with Gasteiger partial charge in [-0.25, -0.2) is 27.9 Å². The molecule has 43 heavy (non-hydrogen) atoms. The highest BCUT2D eigenvalue weighted by atomic mass is 35.5. The molecule has 4 heterocycles. The van der Waals surface area contributed by atoms with E-state index in [1.807, 2.05) is 24.3 Å².